The third-order valence-electron chi connectivity index (χ3n) is 2.84. The lowest BCUT2D eigenvalue weighted by Crippen LogP contribution is -2.41. The summed E-state index contributed by atoms with van der Waals surface area (Å²) in [5.41, 5.74) is 0. The van der Waals surface area contributed by atoms with Crippen LogP contribution in [0, 0.1) is 0 Å². The maximum Gasteiger partial charge on any atom is 0.247 e. The molecular formula is C12H20N2O4S2. The number of carbonyl (C=O) groups excluding carboxylic acids is 1. The van der Waals surface area contributed by atoms with Crippen LogP contribution in [-0.2, 0) is 26.0 Å². The maximum atomic E-state index is 12.2. The number of ether oxygens (including phenoxy) is 1. The number of carbonyl (C=O) groups is 1. The topological polar surface area (TPSA) is 89.7 Å². The molecule has 0 bridgehead atoms. The largest absolute Gasteiger partial charge is 0.383 e. The van der Waals surface area contributed by atoms with Crippen LogP contribution >= 0.6 is 11.3 Å². The summed E-state index contributed by atoms with van der Waals surface area (Å²) in [6.45, 7) is 4.85. The quantitative estimate of drug-likeness (QED) is 0.805. The zero-order chi connectivity index (χ0) is 15.3. The van der Waals surface area contributed by atoms with Gasteiger partial charge in [-0.3, -0.25) is 4.79 Å². The molecule has 0 aliphatic heterocycles. The summed E-state index contributed by atoms with van der Waals surface area (Å²) in [5, 5.41) is 5.05. The number of sulfonamides is 1. The van der Waals surface area contributed by atoms with Gasteiger partial charge in [-0.2, -0.15) is 0 Å². The molecule has 8 heteroatoms. The molecule has 0 radical (unpaired) electrons. The van der Waals surface area contributed by atoms with E-state index in [0.717, 1.165) is 11.3 Å². The molecule has 1 aromatic rings. The predicted octanol–water partition coefficient (Wildman–Crippen LogP) is 0.821. The third kappa shape index (κ3) is 4.55. The summed E-state index contributed by atoms with van der Waals surface area (Å²) in [5.74, 6) is -0.0557. The smallest absolute Gasteiger partial charge is 0.247 e. The highest BCUT2D eigenvalue weighted by Gasteiger charge is 2.20. The van der Waals surface area contributed by atoms with E-state index >= 15 is 0 Å². The molecular weight excluding hydrogens is 300 g/mol. The number of nitrogens with zero attached hydrogens (tertiary/aromatic N) is 1. The van der Waals surface area contributed by atoms with Crippen molar-refractivity contribution in [3.8, 4) is 0 Å². The molecule has 1 amide bonds. The molecule has 0 saturated carbocycles. The molecule has 6 nitrogen and oxygen atoms in total. The Kier molecular flexibility index (Phi) is 6.12. The van der Waals surface area contributed by atoms with Crippen LogP contribution in [-0.4, -0.2) is 45.5 Å². The normalized spacial score (nSPS) is 13.2. The van der Waals surface area contributed by atoms with E-state index in [1.807, 2.05) is 13.8 Å². The molecule has 0 spiro atoms. The van der Waals surface area contributed by atoms with E-state index in [2.05, 4.69) is 0 Å². The van der Waals surface area contributed by atoms with Gasteiger partial charge in [-0.05, 0) is 26.0 Å². The fourth-order valence-electron chi connectivity index (χ4n) is 1.92. The molecule has 1 aromatic heterocycles. The second-order valence-electron chi connectivity index (χ2n) is 4.43. The van der Waals surface area contributed by atoms with Crippen LogP contribution < -0.4 is 5.14 Å². The highest BCUT2D eigenvalue weighted by Crippen LogP contribution is 2.21. The predicted molar refractivity (Wildman–Crippen MR) is 78.1 cm³/mol. The van der Waals surface area contributed by atoms with Crippen molar-refractivity contribution < 1.29 is 17.9 Å². The first-order valence-corrected chi connectivity index (χ1v) is 8.55. The number of nitrogens with two attached hydrogens (primary N) is 1. The van der Waals surface area contributed by atoms with Gasteiger partial charge in [0.2, 0.25) is 15.9 Å². The Labute approximate surface area is 123 Å². The van der Waals surface area contributed by atoms with Gasteiger partial charge in [0, 0.05) is 18.5 Å². The van der Waals surface area contributed by atoms with Gasteiger partial charge in [0.25, 0.3) is 0 Å². The molecule has 0 aliphatic carbocycles. The first kappa shape index (κ1) is 17.1. The van der Waals surface area contributed by atoms with Gasteiger partial charge < -0.3 is 9.64 Å². The van der Waals surface area contributed by atoms with E-state index in [4.69, 9.17) is 9.88 Å². The van der Waals surface area contributed by atoms with Crippen LogP contribution in [0.2, 0.25) is 0 Å². The molecule has 0 aromatic carbocycles. The van der Waals surface area contributed by atoms with Crippen LogP contribution in [0.5, 0.6) is 0 Å². The van der Waals surface area contributed by atoms with E-state index < -0.39 is 10.0 Å². The van der Waals surface area contributed by atoms with Crippen molar-refractivity contribution in [3.63, 3.8) is 0 Å². The number of amides is 1. The molecule has 0 saturated heterocycles. The third-order valence-corrected chi connectivity index (χ3v) is 5.37. The second kappa shape index (κ2) is 7.16. The van der Waals surface area contributed by atoms with Crippen molar-refractivity contribution in [2.75, 3.05) is 20.3 Å². The van der Waals surface area contributed by atoms with Crippen LogP contribution in [0.3, 0.4) is 0 Å². The van der Waals surface area contributed by atoms with Crippen LogP contribution in [0.1, 0.15) is 18.7 Å². The minimum absolute atomic E-state index is 0.0184. The summed E-state index contributed by atoms with van der Waals surface area (Å²) < 4.78 is 27.5. The Morgan fingerprint density at radius 3 is 2.60 bits per heavy atom. The highest BCUT2D eigenvalue weighted by atomic mass is 32.2. The Bertz CT molecular complexity index is 554. The number of hydrogen-bond acceptors (Lipinski definition) is 5. The Morgan fingerprint density at radius 1 is 1.50 bits per heavy atom. The van der Waals surface area contributed by atoms with E-state index in [0.29, 0.717) is 18.0 Å². The van der Waals surface area contributed by atoms with Gasteiger partial charge in [0.15, 0.2) is 0 Å². The summed E-state index contributed by atoms with van der Waals surface area (Å²) in [4.78, 5) is 14.6. The zero-order valence-electron chi connectivity index (χ0n) is 11.8. The molecule has 2 N–H and O–H groups in total. The van der Waals surface area contributed by atoms with Gasteiger partial charge in [-0.25, -0.2) is 13.6 Å². The fraction of sp³-hybridized carbons (Fsp3) is 0.583. The summed E-state index contributed by atoms with van der Waals surface area (Å²) >= 11 is 1.03. The molecule has 114 valence electrons. The van der Waals surface area contributed by atoms with Crippen molar-refractivity contribution in [1.29, 1.82) is 0 Å². The fourth-order valence-corrected chi connectivity index (χ4v) is 3.69. The van der Waals surface area contributed by atoms with Crippen LogP contribution in [0.15, 0.2) is 16.3 Å². The molecule has 1 unspecified atom stereocenters. The number of hydrogen-bond donors (Lipinski definition) is 1. The monoisotopic (exact) mass is 320 g/mol. The highest BCUT2D eigenvalue weighted by molar-refractivity contribution is 7.91. The van der Waals surface area contributed by atoms with Gasteiger partial charge in [0.05, 0.1) is 19.1 Å². The van der Waals surface area contributed by atoms with E-state index in [-0.39, 0.29) is 22.6 Å². The standard InChI is InChI=1S/C12H20N2O4S2/c1-4-14(9(2)8-18-3)11(15)7-10-5-6-12(19-10)20(13,16)17/h5-6,9H,4,7-8H2,1-3H3,(H2,13,16,17). The van der Waals surface area contributed by atoms with Gasteiger partial charge in [-0.1, -0.05) is 0 Å². The minimum atomic E-state index is -3.69. The van der Waals surface area contributed by atoms with Gasteiger partial charge in [0.1, 0.15) is 4.21 Å². The Morgan fingerprint density at radius 2 is 2.15 bits per heavy atom. The van der Waals surface area contributed by atoms with Crippen molar-refractivity contribution in [1.82, 2.24) is 4.90 Å². The van der Waals surface area contributed by atoms with Crippen molar-refractivity contribution >= 4 is 27.3 Å². The van der Waals surface area contributed by atoms with Crippen molar-refractivity contribution in [2.45, 2.75) is 30.5 Å². The van der Waals surface area contributed by atoms with Crippen molar-refractivity contribution in [2.24, 2.45) is 5.14 Å². The number of rotatable bonds is 7. The first-order valence-electron chi connectivity index (χ1n) is 6.19. The number of thiophene rings is 1. The Hall–Kier alpha value is -0.960. The molecule has 1 atom stereocenters. The average molecular weight is 320 g/mol. The SMILES string of the molecule is CCN(C(=O)Cc1ccc(S(N)(=O)=O)s1)C(C)COC. The molecule has 0 aliphatic rings. The maximum absolute atomic E-state index is 12.2. The van der Waals surface area contributed by atoms with Gasteiger partial charge >= 0.3 is 0 Å². The molecule has 1 rings (SSSR count). The number of methoxy groups -OCH3 is 1. The summed E-state index contributed by atoms with van der Waals surface area (Å²) in [7, 11) is -2.11. The number of primary sulfonamides is 1. The molecule has 1 heterocycles. The lowest BCUT2D eigenvalue weighted by Gasteiger charge is -2.27. The van der Waals surface area contributed by atoms with Crippen molar-refractivity contribution in [3.05, 3.63) is 17.0 Å². The minimum Gasteiger partial charge on any atom is -0.383 e. The summed E-state index contributed by atoms with van der Waals surface area (Å²) in [6, 6.07) is 3.03. The molecule has 0 fully saturated rings. The Balaban J connectivity index is 2.76. The first-order chi connectivity index (χ1) is 9.29. The van der Waals surface area contributed by atoms with E-state index in [1.165, 1.54) is 6.07 Å². The van der Waals surface area contributed by atoms with Gasteiger partial charge in [-0.15, -0.1) is 11.3 Å². The summed E-state index contributed by atoms with van der Waals surface area (Å²) in [6.07, 6.45) is 0.169. The number of likely N-dealkylation sites (N-methyl/N-ethyl adjacent to an activating group) is 1. The molecule has 20 heavy (non-hydrogen) atoms. The lowest BCUT2D eigenvalue weighted by molar-refractivity contribution is -0.133. The van der Waals surface area contributed by atoms with E-state index in [1.54, 1.807) is 18.1 Å². The average Bonchev–Trinajstić information content (AvgIpc) is 2.78. The van der Waals surface area contributed by atoms with Crippen LogP contribution in [0.4, 0.5) is 0 Å². The van der Waals surface area contributed by atoms with E-state index in [9.17, 15) is 13.2 Å². The zero-order valence-corrected chi connectivity index (χ0v) is 13.5. The second-order valence-corrected chi connectivity index (χ2v) is 7.38. The lowest BCUT2D eigenvalue weighted by atomic mass is 10.2. The van der Waals surface area contributed by atoms with Crippen LogP contribution in [0.25, 0.3) is 0 Å².